The number of carbonyl (C=O) groups is 1. The second-order valence-electron chi connectivity index (χ2n) is 6.55. The van der Waals surface area contributed by atoms with Gasteiger partial charge in [0.2, 0.25) is 0 Å². The highest BCUT2D eigenvalue weighted by atomic mass is 127. The molecule has 0 aromatic heterocycles. The highest BCUT2D eigenvalue weighted by Crippen LogP contribution is 2.26. The van der Waals surface area contributed by atoms with Gasteiger partial charge in [0, 0.05) is 3.57 Å². The van der Waals surface area contributed by atoms with Crippen molar-refractivity contribution in [1.82, 2.24) is 0 Å². The van der Waals surface area contributed by atoms with E-state index in [-0.39, 0.29) is 12.4 Å². The summed E-state index contributed by atoms with van der Waals surface area (Å²) in [7, 11) is 0. The second kappa shape index (κ2) is 10.2. The third-order valence-corrected chi connectivity index (χ3v) is 5.06. The van der Waals surface area contributed by atoms with E-state index < -0.39 is 5.97 Å². The fourth-order valence-electron chi connectivity index (χ4n) is 2.90. The molecule has 4 nitrogen and oxygen atoms in total. The highest BCUT2D eigenvalue weighted by Gasteiger charge is 2.07. The predicted molar refractivity (Wildman–Crippen MR) is 122 cm³/mol. The molecule has 0 atom stereocenters. The molecule has 0 spiro atoms. The van der Waals surface area contributed by atoms with Crippen LogP contribution in [0.4, 0.5) is 4.39 Å². The van der Waals surface area contributed by atoms with Crippen LogP contribution < -0.4 is 9.47 Å². The Morgan fingerprint density at radius 3 is 2.23 bits per heavy atom. The molecule has 6 heteroatoms. The maximum Gasteiger partial charge on any atom is 0.341 e. The largest absolute Gasteiger partial charge is 0.489 e. The van der Waals surface area contributed by atoms with Gasteiger partial charge >= 0.3 is 5.97 Å². The lowest BCUT2D eigenvalue weighted by Gasteiger charge is -2.12. The minimum atomic E-state index is -1.02. The average molecular weight is 518 g/mol. The number of aryl methyl sites for hydroxylation is 1. The third kappa shape index (κ3) is 6.06. The number of benzene rings is 3. The van der Waals surface area contributed by atoms with Crippen LogP contribution in [0.15, 0.2) is 72.8 Å². The highest BCUT2D eigenvalue weighted by molar-refractivity contribution is 14.1. The number of aliphatic carboxylic acids is 1. The van der Waals surface area contributed by atoms with Crippen molar-refractivity contribution in [2.75, 3.05) is 13.2 Å². The lowest BCUT2D eigenvalue weighted by atomic mass is 9.98. The summed E-state index contributed by atoms with van der Waals surface area (Å²) in [5.74, 6) is -0.153. The molecule has 0 radical (unpaired) electrons. The van der Waals surface area contributed by atoms with Crippen LogP contribution in [-0.2, 0) is 4.79 Å². The Hall–Kier alpha value is -2.87. The van der Waals surface area contributed by atoms with Crippen molar-refractivity contribution in [2.45, 2.75) is 6.92 Å². The van der Waals surface area contributed by atoms with Crippen molar-refractivity contribution in [3.8, 4) is 11.5 Å². The number of halogens is 2. The number of hydrogen-bond acceptors (Lipinski definition) is 3. The maximum absolute atomic E-state index is 13.4. The van der Waals surface area contributed by atoms with Crippen LogP contribution in [0.2, 0.25) is 0 Å². The molecule has 0 saturated heterocycles. The Morgan fingerprint density at radius 1 is 1.00 bits per heavy atom. The zero-order chi connectivity index (χ0) is 21.5. The van der Waals surface area contributed by atoms with Gasteiger partial charge in [-0.05, 0) is 100 Å². The lowest BCUT2D eigenvalue weighted by Crippen LogP contribution is -2.10. The van der Waals surface area contributed by atoms with Crippen molar-refractivity contribution < 1.29 is 23.8 Å². The third-order valence-electron chi connectivity index (χ3n) is 4.35. The van der Waals surface area contributed by atoms with Gasteiger partial charge < -0.3 is 14.6 Å². The first-order valence-electron chi connectivity index (χ1n) is 9.22. The minimum absolute atomic E-state index is 0.280. The summed E-state index contributed by atoms with van der Waals surface area (Å²) in [6.07, 6.45) is 1.96. The van der Waals surface area contributed by atoms with E-state index in [1.165, 1.54) is 12.1 Å². The standard InChI is InChI=1S/C24H20FIO4/c1-16-14-21(10-11-23(16)30-15-24(27)28)29-13-12-22(17-2-6-19(25)7-3-17)18-4-8-20(26)9-5-18/h2-12,14H,13,15H2,1H3,(H,27,28)/b22-12-. The van der Waals surface area contributed by atoms with E-state index in [4.69, 9.17) is 14.6 Å². The van der Waals surface area contributed by atoms with Gasteiger partial charge in [0.05, 0.1) is 0 Å². The molecule has 3 aromatic carbocycles. The minimum Gasteiger partial charge on any atom is -0.489 e. The van der Waals surface area contributed by atoms with Crippen molar-refractivity contribution in [3.05, 3.63) is 98.9 Å². The van der Waals surface area contributed by atoms with Crippen molar-refractivity contribution in [1.29, 1.82) is 0 Å². The van der Waals surface area contributed by atoms with Crippen LogP contribution in [0.1, 0.15) is 16.7 Å². The predicted octanol–water partition coefficient (Wildman–Crippen LogP) is 5.71. The summed E-state index contributed by atoms with van der Waals surface area (Å²) in [6.45, 7) is 1.75. The quantitative estimate of drug-likeness (QED) is 0.388. The van der Waals surface area contributed by atoms with E-state index in [0.717, 1.165) is 25.8 Å². The number of ether oxygens (including phenoxy) is 2. The van der Waals surface area contributed by atoms with Gasteiger partial charge in [-0.15, -0.1) is 0 Å². The van der Waals surface area contributed by atoms with Gasteiger partial charge in [-0.25, -0.2) is 9.18 Å². The smallest absolute Gasteiger partial charge is 0.341 e. The van der Waals surface area contributed by atoms with Crippen molar-refractivity contribution in [3.63, 3.8) is 0 Å². The van der Waals surface area contributed by atoms with Crippen LogP contribution in [0, 0.1) is 16.3 Å². The number of carboxylic acids is 1. The monoisotopic (exact) mass is 518 g/mol. The number of rotatable bonds is 8. The molecule has 0 heterocycles. The van der Waals surface area contributed by atoms with Gasteiger partial charge in [-0.2, -0.15) is 0 Å². The molecule has 0 amide bonds. The fraction of sp³-hybridized carbons (Fsp3) is 0.125. The molecule has 1 N–H and O–H groups in total. The normalized spacial score (nSPS) is 11.2. The van der Waals surface area contributed by atoms with Crippen molar-refractivity contribution in [2.24, 2.45) is 0 Å². The first-order valence-corrected chi connectivity index (χ1v) is 10.3. The molecule has 0 unspecified atom stereocenters. The Balaban J connectivity index is 1.77. The first kappa shape index (κ1) is 21.8. The summed E-state index contributed by atoms with van der Waals surface area (Å²) in [4.78, 5) is 10.6. The Bertz CT molecular complexity index is 996. The molecular formula is C24H20FIO4. The van der Waals surface area contributed by atoms with E-state index >= 15 is 0 Å². The number of hydrogen-bond donors (Lipinski definition) is 1. The molecule has 0 aliphatic rings. The molecule has 3 rings (SSSR count). The molecule has 30 heavy (non-hydrogen) atoms. The second-order valence-corrected chi connectivity index (χ2v) is 7.80. The fourth-order valence-corrected chi connectivity index (χ4v) is 3.26. The molecule has 3 aromatic rings. The van der Waals surface area contributed by atoms with Crippen LogP contribution in [-0.4, -0.2) is 24.3 Å². The molecule has 0 aliphatic carbocycles. The maximum atomic E-state index is 13.4. The molecule has 0 aliphatic heterocycles. The zero-order valence-electron chi connectivity index (χ0n) is 16.3. The van der Waals surface area contributed by atoms with Gasteiger partial charge in [-0.1, -0.05) is 24.3 Å². The van der Waals surface area contributed by atoms with Crippen LogP contribution in [0.25, 0.3) is 5.57 Å². The Kier molecular flexibility index (Phi) is 7.46. The van der Waals surface area contributed by atoms with Gasteiger partial charge in [0.1, 0.15) is 23.9 Å². The Morgan fingerprint density at radius 2 is 1.63 bits per heavy atom. The van der Waals surface area contributed by atoms with Crippen LogP contribution in [0.3, 0.4) is 0 Å². The van der Waals surface area contributed by atoms with Gasteiger partial charge in [0.25, 0.3) is 0 Å². The Labute approximate surface area is 188 Å². The summed E-state index contributed by atoms with van der Waals surface area (Å²) in [5, 5.41) is 8.73. The topological polar surface area (TPSA) is 55.8 Å². The molecule has 0 saturated carbocycles. The van der Waals surface area contributed by atoms with Crippen LogP contribution in [0.5, 0.6) is 11.5 Å². The summed E-state index contributed by atoms with van der Waals surface area (Å²) >= 11 is 2.25. The van der Waals surface area contributed by atoms with Crippen LogP contribution >= 0.6 is 22.6 Å². The van der Waals surface area contributed by atoms with E-state index in [2.05, 4.69) is 22.6 Å². The number of carboxylic acid groups (broad SMARTS) is 1. The van der Waals surface area contributed by atoms with E-state index in [1.54, 1.807) is 30.3 Å². The van der Waals surface area contributed by atoms with E-state index in [9.17, 15) is 9.18 Å². The van der Waals surface area contributed by atoms with E-state index in [0.29, 0.717) is 18.1 Å². The van der Waals surface area contributed by atoms with E-state index in [1.807, 2.05) is 37.3 Å². The summed E-state index contributed by atoms with van der Waals surface area (Å²) < 4.78 is 25.6. The first-order chi connectivity index (χ1) is 14.4. The zero-order valence-corrected chi connectivity index (χ0v) is 18.4. The molecular weight excluding hydrogens is 498 g/mol. The average Bonchev–Trinajstić information content (AvgIpc) is 2.72. The van der Waals surface area contributed by atoms with Crippen molar-refractivity contribution >= 4 is 34.1 Å². The summed E-state index contributed by atoms with van der Waals surface area (Å²) in [6, 6.07) is 19.7. The summed E-state index contributed by atoms with van der Waals surface area (Å²) in [5.41, 5.74) is 3.65. The molecule has 0 fully saturated rings. The molecule has 0 bridgehead atoms. The molecule has 154 valence electrons. The lowest BCUT2D eigenvalue weighted by molar-refractivity contribution is -0.139. The van der Waals surface area contributed by atoms with Gasteiger partial charge in [0.15, 0.2) is 6.61 Å². The SMILES string of the molecule is Cc1cc(OC/C=C(/c2ccc(F)cc2)c2ccc(I)cc2)ccc1OCC(=O)O. The van der Waals surface area contributed by atoms with Gasteiger partial charge in [-0.3, -0.25) is 0 Å².